The minimum atomic E-state index is -0.444. The molecule has 2 aromatic carbocycles. The van der Waals surface area contributed by atoms with Crippen molar-refractivity contribution >= 4 is 18.4 Å². The molecule has 4 N–H and O–H groups in total. The van der Waals surface area contributed by atoms with E-state index < -0.39 is 6.10 Å². The number of carbonyl (C=O) groups is 1. The van der Waals surface area contributed by atoms with Crippen molar-refractivity contribution in [2.75, 3.05) is 6.61 Å². The number of hydrazone groups is 2. The maximum absolute atomic E-state index is 12.0. The number of esters is 1. The molecule has 0 heterocycles. The van der Waals surface area contributed by atoms with Crippen LogP contribution in [0.15, 0.2) is 58.7 Å². The van der Waals surface area contributed by atoms with Crippen LogP contribution in [-0.4, -0.2) is 25.0 Å². The zero-order valence-corrected chi connectivity index (χ0v) is 15.2. The van der Waals surface area contributed by atoms with Crippen LogP contribution < -0.4 is 11.7 Å². The van der Waals surface area contributed by atoms with Gasteiger partial charge in [0, 0.05) is 0 Å². The molecule has 0 aromatic heterocycles. The monoisotopic (exact) mass is 368 g/mol. The molecule has 0 aliphatic carbocycles. The Morgan fingerprint density at radius 1 is 1.07 bits per heavy atom. The predicted molar refractivity (Wildman–Crippen MR) is 105 cm³/mol. The highest BCUT2D eigenvalue weighted by atomic mass is 16.5. The van der Waals surface area contributed by atoms with Crippen LogP contribution in [0.5, 0.6) is 0 Å². The second kappa shape index (κ2) is 10.7. The van der Waals surface area contributed by atoms with E-state index in [1.165, 1.54) is 0 Å². The average molecular weight is 368 g/mol. The normalized spacial score (nSPS) is 12.5. The third kappa shape index (κ3) is 6.56. The molecule has 2 aromatic rings. The second-order valence-electron chi connectivity index (χ2n) is 5.78. The van der Waals surface area contributed by atoms with Crippen molar-refractivity contribution in [3.05, 3.63) is 70.8 Å². The number of nitrogens with two attached hydrogens (primary N) is 2. The number of ether oxygens (including phenoxy) is 2. The molecule has 0 fully saturated rings. The molecule has 0 saturated carbocycles. The van der Waals surface area contributed by atoms with Gasteiger partial charge >= 0.3 is 5.97 Å². The van der Waals surface area contributed by atoms with Gasteiger partial charge in [0.1, 0.15) is 0 Å². The molecule has 2 rings (SSSR count). The van der Waals surface area contributed by atoms with E-state index >= 15 is 0 Å². The molecule has 0 aliphatic rings. The molecule has 27 heavy (non-hydrogen) atoms. The van der Waals surface area contributed by atoms with Crippen LogP contribution in [-0.2, 0) is 20.9 Å². The maximum atomic E-state index is 12.0. The summed E-state index contributed by atoms with van der Waals surface area (Å²) < 4.78 is 11.1. The van der Waals surface area contributed by atoms with Crippen molar-refractivity contribution in [2.45, 2.75) is 26.1 Å². The maximum Gasteiger partial charge on any atom is 0.308 e. The SMILES string of the molecule is CCOC(=O)CC(OCc1ccc(C=NN)cc1)c1cccc(C=NN)c1. The van der Waals surface area contributed by atoms with Gasteiger partial charge in [-0.05, 0) is 35.2 Å². The topological polar surface area (TPSA) is 112 Å². The van der Waals surface area contributed by atoms with Gasteiger partial charge in [-0.1, -0.05) is 42.5 Å². The lowest BCUT2D eigenvalue weighted by Crippen LogP contribution is -2.13. The van der Waals surface area contributed by atoms with E-state index in [0.717, 1.165) is 22.3 Å². The quantitative estimate of drug-likeness (QED) is 0.306. The first-order valence-corrected chi connectivity index (χ1v) is 8.59. The fraction of sp³-hybridized carbons (Fsp3) is 0.250. The van der Waals surface area contributed by atoms with Crippen molar-refractivity contribution in [3.8, 4) is 0 Å². The Kier molecular flexibility index (Phi) is 7.99. The van der Waals surface area contributed by atoms with Gasteiger partial charge in [-0.3, -0.25) is 4.79 Å². The second-order valence-corrected chi connectivity index (χ2v) is 5.78. The van der Waals surface area contributed by atoms with Gasteiger partial charge in [0.05, 0.1) is 38.2 Å². The van der Waals surface area contributed by atoms with Crippen LogP contribution in [0.2, 0.25) is 0 Å². The van der Waals surface area contributed by atoms with Crippen molar-refractivity contribution in [1.82, 2.24) is 0 Å². The van der Waals surface area contributed by atoms with Crippen LogP contribution in [0.3, 0.4) is 0 Å². The van der Waals surface area contributed by atoms with Gasteiger partial charge in [0.25, 0.3) is 0 Å². The van der Waals surface area contributed by atoms with Gasteiger partial charge in [-0.25, -0.2) is 0 Å². The van der Waals surface area contributed by atoms with Crippen molar-refractivity contribution < 1.29 is 14.3 Å². The molecule has 0 spiro atoms. The molecule has 0 aliphatic heterocycles. The van der Waals surface area contributed by atoms with Crippen LogP contribution in [0, 0.1) is 0 Å². The van der Waals surface area contributed by atoms with Gasteiger partial charge < -0.3 is 21.2 Å². The Bertz CT molecular complexity index is 788. The first kappa shape index (κ1) is 20.1. The Hall–Kier alpha value is -3.19. The Morgan fingerprint density at radius 3 is 2.44 bits per heavy atom. The number of hydrogen-bond acceptors (Lipinski definition) is 7. The highest BCUT2D eigenvalue weighted by Gasteiger charge is 2.18. The molecule has 0 bridgehead atoms. The molecule has 1 atom stereocenters. The summed E-state index contributed by atoms with van der Waals surface area (Å²) in [5.41, 5.74) is 3.56. The molecule has 7 heteroatoms. The molecule has 1 unspecified atom stereocenters. The van der Waals surface area contributed by atoms with Gasteiger partial charge in [0.15, 0.2) is 0 Å². The largest absolute Gasteiger partial charge is 0.466 e. The molecular weight excluding hydrogens is 344 g/mol. The molecule has 142 valence electrons. The van der Waals surface area contributed by atoms with Crippen molar-refractivity contribution in [3.63, 3.8) is 0 Å². The number of nitrogens with zero attached hydrogens (tertiary/aromatic N) is 2. The highest BCUT2D eigenvalue weighted by Crippen LogP contribution is 2.24. The zero-order chi connectivity index (χ0) is 19.5. The lowest BCUT2D eigenvalue weighted by atomic mass is 10.0. The van der Waals surface area contributed by atoms with Gasteiger partial charge in [-0.15, -0.1) is 0 Å². The summed E-state index contributed by atoms with van der Waals surface area (Å²) in [7, 11) is 0. The summed E-state index contributed by atoms with van der Waals surface area (Å²) in [4.78, 5) is 12.0. The average Bonchev–Trinajstić information content (AvgIpc) is 2.67. The van der Waals surface area contributed by atoms with E-state index in [1.807, 2.05) is 48.5 Å². The molecule has 0 radical (unpaired) electrons. The molecule has 0 saturated heterocycles. The van der Waals surface area contributed by atoms with Gasteiger partial charge in [-0.2, -0.15) is 10.2 Å². The summed E-state index contributed by atoms with van der Waals surface area (Å²) in [5, 5.41) is 7.03. The van der Waals surface area contributed by atoms with Crippen LogP contribution in [0.1, 0.15) is 41.7 Å². The van der Waals surface area contributed by atoms with E-state index in [9.17, 15) is 4.79 Å². The van der Waals surface area contributed by atoms with Gasteiger partial charge in [0.2, 0.25) is 0 Å². The molecule has 7 nitrogen and oxygen atoms in total. The number of rotatable bonds is 9. The van der Waals surface area contributed by atoms with E-state index in [-0.39, 0.29) is 12.4 Å². The third-order valence-electron chi connectivity index (χ3n) is 3.82. The van der Waals surface area contributed by atoms with E-state index in [0.29, 0.717) is 13.2 Å². The van der Waals surface area contributed by atoms with Crippen molar-refractivity contribution in [1.29, 1.82) is 0 Å². The number of hydrogen-bond donors (Lipinski definition) is 2. The number of benzene rings is 2. The third-order valence-corrected chi connectivity index (χ3v) is 3.82. The standard InChI is InChI=1S/C20H24N4O3/c1-2-26-20(25)11-19(18-5-3-4-17(10-18)13-24-22)27-14-16-8-6-15(7-9-16)12-23-21/h3-10,12-13,19H,2,11,14,21-22H2,1H3. The molecular formula is C20H24N4O3. The molecule has 0 amide bonds. The lowest BCUT2D eigenvalue weighted by Gasteiger charge is -2.18. The van der Waals surface area contributed by atoms with E-state index in [4.69, 9.17) is 21.2 Å². The Labute approximate surface area is 158 Å². The van der Waals surface area contributed by atoms with Crippen molar-refractivity contribution in [2.24, 2.45) is 21.9 Å². The summed E-state index contributed by atoms with van der Waals surface area (Å²) in [6, 6.07) is 15.2. The summed E-state index contributed by atoms with van der Waals surface area (Å²) in [5.74, 6) is 10.1. The van der Waals surface area contributed by atoms with E-state index in [2.05, 4.69) is 10.2 Å². The predicted octanol–water partition coefficient (Wildman–Crippen LogP) is 2.48. The highest BCUT2D eigenvalue weighted by molar-refractivity contribution is 5.80. The van der Waals surface area contributed by atoms with E-state index in [1.54, 1.807) is 19.4 Å². The summed E-state index contributed by atoms with van der Waals surface area (Å²) >= 11 is 0. The van der Waals surface area contributed by atoms with Crippen LogP contribution >= 0.6 is 0 Å². The summed E-state index contributed by atoms with van der Waals surface area (Å²) in [6.45, 7) is 2.45. The fourth-order valence-corrected chi connectivity index (χ4v) is 2.55. The first-order chi connectivity index (χ1) is 13.2. The first-order valence-electron chi connectivity index (χ1n) is 8.59. The lowest BCUT2D eigenvalue weighted by molar-refractivity contribution is -0.146. The summed E-state index contributed by atoms with van der Waals surface area (Å²) in [6.07, 6.45) is 2.79. The Balaban J connectivity index is 2.14. The minimum absolute atomic E-state index is 0.120. The fourth-order valence-electron chi connectivity index (χ4n) is 2.55. The Morgan fingerprint density at radius 2 is 1.78 bits per heavy atom. The zero-order valence-electron chi connectivity index (χ0n) is 15.2. The smallest absolute Gasteiger partial charge is 0.308 e. The number of carbonyl (C=O) groups excluding carboxylic acids is 1. The van der Waals surface area contributed by atoms with Crippen LogP contribution in [0.25, 0.3) is 0 Å². The minimum Gasteiger partial charge on any atom is -0.466 e. The van der Waals surface area contributed by atoms with Crippen LogP contribution in [0.4, 0.5) is 0 Å².